The molecular formula is C30H34FN3O3. The fraction of sp³-hybridized carbons (Fsp3) is 0.300. The van der Waals surface area contributed by atoms with Gasteiger partial charge in [0.25, 0.3) is 0 Å². The van der Waals surface area contributed by atoms with Gasteiger partial charge in [0.1, 0.15) is 0 Å². The second kappa shape index (κ2) is 13.1. The minimum atomic E-state index is -0.657. The van der Waals surface area contributed by atoms with Crippen LogP contribution in [0.15, 0.2) is 84.9 Å². The number of aliphatic hydroxyl groups excluding tert-OH is 1. The predicted molar refractivity (Wildman–Crippen MR) is 142 cm³/mol. The van der Waals surface area contributed by atoms with Gasteiger partial charge in [-0.15, -0.1) is 0 Å². The van der Waals surface area contributed by atoms with Crippen LogP contribution < -0.4 is 4.74 Å². The standard InChI is InChI=1S/C30H34FN3O3/c1-3-18-33(19-26(35)22-36-21-24-12-6-4-7-13-24)20-27-23(2)32-34(25-14-8-5-9-15-25)30(27)37-29-17-11-10-16-28(29)31/h4-17,26,35H,3,18-22H2,1-2H3. The lowest BCUT2D eigenvalue weighted by Crippen LogP contribution is -2.35. The Labute approximate surface area is 217 Å². The highest BCUT2D eigenvalue weighted by Crippen LogP contribution is 2.32. The number of rotatable bonds is 13. The van der Waals surface area contributed by atoms with E-state index in [1.165, 1.54) is 6.07 Å². The maximum atomic E-state index is 14.5. The van der Waals surface area contributed by atoms with Gasteiger partial charge in [0, 0.05) is 13.1 Å². The lowest BCUT2D eigenvalue weighted by atomic mass is 10.2. The van der Waals surface area contributed by atoms with E-state index in [1.807, 2.05) is 67.6 Å². The van der Waals surface area contributed by atoms with Crippen LogP contribution in [0.25, 0.3) is 5.69 Å². The Morgan fingerprint density at radius 1 is 0.973 bits per heavy atom. The number of aliphatic hydroxyl groups is 1. The summed E-state index contributed by atoms with van der Waals surface area (Å²) >= 11 is 0. The van der Waals surface area contributed by atoms with Crippen molar-refractivity contribution in [3.8, 4) is 17.3 Å². The molecule has 0 spiro atoms. The summed E-state index contributed by atoms with van der Waals surface area (Å²) in [5.41, 5.74) is 3.52. The lowest BCUT2D eigenvalue weighted by molar-refractivity contribution is 0.00845. The van der Waals surface area contributed by atoms with Crippen molar-refractivity contribution in [1.29, 1.82) is 0 Å². The van der Waals surface area contributed by atoms with E-state index in [0.717, 1.165) is 35.5 Å². The highest BCUT2D eigenvalue weighted by molar-refractivity contribution is 5.43. The zero-order valence-corrected chi connectivity index (χ0v) is 21.4. The summed E-state index contributed by atoms with van der Waals surface area (Å²) in [6.45, 7) is 6.40. The maximum Gasteiger partial charge on any atom is 0.227 e. The highest BCUT2D eigenvalue weighted by Gasteiger charge is 2.23. The minimum absolute atomic E-state index is 0.136. The first-order chi connectivity index (χ1) is 18.0. The van der Waals surface area contributed by atoms with E-state index in [2.05, 4.69) is 11.8 Å². The van der Waals surface area contributed by atoms with Crippen molar-refractivity contribution < 1.29 is 19.0 Å². The molecular weight excluding hydrogens is 469 g/mol. The smallest absolute Gasteiger partial charge is 0.227 e. The highest BCUT2D eigenvalue weighted by atomic mass is 19.1. The molecule has 0 bridgehead atoms. The van der Waals surface area contributed by atoms with Crippen LogP contribution in [0.4, 0.5) is 4.39 Å². The molecule has 1 atom stereocenters. The Kier molecular flexibility index (Phi) is 9.43. The number of benzene rings is 3. The Morgan fingerprint density at radius 2 is 1.65 bits per heavy atom. The molecule has 7 heteroatoms. The van der Waals surface area contributed by atoms with Crippen molar-refractivity contribution in [2.75, 3.05) is 19.7 Å². The molecule has 0 fully saturated rings. The van der Waals surface area contributed by atoms with Crippen LogP contribution in [0.3, 0.4) is 0 Å². The van der Waals surface area contributed by atoms with Gasteiger partial charge >= 0.3 is 0 Å². The molecule has 0 aliphatic rings. The fourth-order valence-corrected chi connectivity index (χ4v) is 4.21. The summed E-state index contributed by atoms with van der Waals surface area (Å²) < 4.78 is 28.2. The van der Waals surface area contributed by atoms with Crippen LogP contribution in [0, 0.1) is 12.7 Å². The van der Waals surface area contributed by atoms with Gasteiger partial charge in [-0.05, 0) is 49.7 Å². The number of hydrogen-bond acceptors (Lipinski definition) is 5. The van der Waals surface area contributed by atoms with Gasteiger partial charge in [-0.2, -0.15) is 5.10 Å². The van der Waals surface area contributed by atoms with Crippen LogP contribution >= 0.6 is 0 Å². The van der Waals surface area contributed by atoms with Gasteiger partial charge < -0.3 is 14.6 Å². The lowest BCUT2D eigenvalue weighted by Gasteiger charge is -2.25. The van der Waals surface area contributed by atoms with Crippen molar-refractivity contribution in [1.82, 2.24) is 14.7 Å². The van der Waals surface area contributed by atoms with Crippen LogP contribution in [-0.2, 0) is 17.9 Å². The molecule has 0 saturated carbocycles. The quantitative estimate of drug-likeness (QED) is 0.246. The van der Waals surface area contributed by atoms with Crippen molar-refractivity contribution in [2.45, 2.75) is 39.5 Å². The SMILES string of the molecule is CCCN(Cc1c(C)nn(-c2ccccc2)c1Oc1ccccc1F)CC(O)COCc1ccccc1. The molecule has 0 aliphatic carbocycles. The van der Waals surface area contributed by atoms with Crippen LogP contribution in [-0.4, -0.2) is 45.6 Å². The van der Waals surface area contributed by atoms with E-state index in [0.29, 0.717) is 25.6 Å². The molecule has 4 rings (SSSR count). The first-order valence-corrected chi connectivity index (χ1v) is 12.6. The van der Waals surface area contributed by atoms with Gasteiger partial charge in [-0.25, -0.2) is 9.07 Å². The van der Waals surface area contributed by atoms with Crippen LogP contribution in [0.2, 0.25) is 0 Å². The summed E-state index contributed by atoms with van der Waals surface area (Å²) in [5.74, 6) is 0.158. The second-order valence-corrected chi connectivity index (χ2v) is 9.04. The summed E-state index contributed by atoms with van der Waals surface area (Å²) in [4.78, 5) is 2.16. The Balaban J connectivity index is 1.53. The second-order valence-electron chi connectivity index (χ2n) is 9.04. The Hall–Kier alpha value is -3.52. The maximum absolute atomic E-state index is 14.5. The summed E-state index contributed by atoms with van der Waals surface area (Å²) in [6, 6.07) is 25.9. The van der Waals surface area contributed by atoms with Gasteiger partial charge in [-0.3, -0.25) is 4.90 Å². The third-order valence-corrected chi connectivity index (χ3v) is 5.99. The number of para-hydroxylation sites is 2. The zero-order chi connectivity index (χ0) is 26.0. The molecule has 37 heavy (non-hydrogen) atoms. The van der Waals surface area contributed by atoms with Gasteiger partial charge in [0.05, 0.1) is 36.3 Å². The van der Waals surface area contributed by atoms with E-state index in [4.69, 9.17) is 14.6 Å². The number of nitrogens with zero attached hydrogens (tertiary/aromatic N) is 3. The average Bonchev–Trinajstić information content (AvgIpc) is 3.21. The molecule has 6 nitrogen and oxygen atoms in total. The molecule has 0 radical (unpaired) electrons. The number of halogens is 1. The Bertz CT molecular complexity index is 1250. The molecule has 1 N–H and O–H groups in total. The number of ether oxygens (including phenoxy) is 2. The van der Waals surface area contributed by atoms with Crippen molar-refractivity contribution in [2.24, 2.45) is 0 Å². The molecule has 3 aromatic carbocycles. The molecule has 1 heterocycles. The van der Waals surface area contributed by atoms with E-state index in [-0.39, 0.29) is 12.4 Å². The van der Waals surface area contributed by atoms with E-state index < -0.39 is 11.9 Å². The van der Waals surface area contributed by atoms with Crippen molar-refractivity contribution >= 4 is 0 Å². The molecule has 0 saturated heterocycles. The molecule has 1 aromatic heterocycles. The van der Waals surface area contributed by atoms with Crippen LogP contribution in [0.5, 0.6) is 11.6 Å². The van der Waals surface area contributed by atoms with E-state index in [1.54, 1.807) is 22.9 Å². The fourth-order valence-electron chi connectivity index (χ4n) is 4.21. The molecule has 194 valence electrons. The Morgan fingerprint density at radius 3 is 2.35 bits per heavy atom. The number of aryl methyl sites for hydroxylation is 1. The normalized spacial score (nSPS) is 12.1. The average molecular weight is 504 g/mol. The van der Waals surface area contributed by atoms with Crippen molar-refractivity contribution in [3.05, 3.63) is 108 Å². The van der Waals surface area contributed by atoms with Crippen molar-refractivity contribution in [3.63, 3.8) is 0 Å². The first kappa shape index (κ1) is 26.5. The summed E-state index contributed by atoms with van der Waals surface area (Å²) in [6.07, 6.45) is 0.253. The van der Waals surface area contributed by atoms with Crippen LogP contribution in [0.1, 0.15) is 30.2 Å². The molecule has 1 unspecified atom stereocenters. The molecule has 0 aliphatic heterocycles. The molecule has 4 aromatic rings. The zero-order valence-electron chi connectivity index (χ0n) is 21.4. The van der Waals surface area contributed by atoms with Gasteiger partial charge in [-0.1, -0.05) is 67.6 Å². The first-order valence-electron chi connectivity index (χ1n) is 12.6. The number of aromatic nitrogens is 2. The topological polar surface area (TPSA) is 59.8 Å². The predicted octanol–water partition coefficient (Wildman–Crippen LogP) is 5.90. The summed E-state index contributed by atoms with van der Waals surface area (Å²) in [5, 5.41) is 15.5. The summed E-state index contributed by atoms with van der Waals surface area (Å²) in [7, 11) is 0. The monoisotopic (exact) mass is 503 g/mol. The van der Waals surface area contributed by atoms with Gasteiger partial charge in [0.15, 0.2) is 11.6 Å². The van der Waals surface area contributed by atoms with Gasteiger partial charge in [0.2, 0.25) is 5.88 Å². The largest absolute Gasteiger partial charge is 0.435 e. The van der Waals surface area contributed by atoms with E-state index in [9.17, 15) is 9.50 Å². The molecule has 0 amide bonds. The third kappa shape index (κ3) is 7.26. The van der Waals surface area contributed by atoms with E-state index >= 15 is 0 Å². The third-order valence-electron chi connectivity index (χ3n) is 5.99. The number of hydrogen-bond donors (Lipinski definition) is 1. The minimum Gasteiger partial charge on any atom is -0.435 e.